The predicted molar refractivity (Wildman–Crippen MR) is 66.8 cm³/mol. The topological polar surface area (TPSA) is 26.3 Å². The van der Waals surface area contributed by atoms with Crippen molar-refractivity contribution in [3.05, 3.63) is 32.8 Å². The predicted octanol–water partition coefficient (Wildman–Crippen LogP) is 4.93. The maximum absolute atomic E-state index is 12.4. The van der Waals surface area contributed by atoms with E-state index in [0.717, 1.165) is 13.2 Å². The lowest BCUT2D eigenvalue weighted by Gasteiger charge is -2.11. The third kappa shape index (κ3) is 4.17. The maximum Gasteiger partial charge on any atom is 0.417 e. The van der Waals surface area contributed by atoms with Crippen molar-refractivity contribution in [3.8, 4) is 0 Å². The quantitative estimate of drug-likeness (QED) is 0.673. The first-order valence-electron chi connectivity index (χ1n) is 4.92. The highest BCUT2D eigenvalue weighted by molar-refractivity contribution is 9.10. The van der Waals surface area contributed by atoms with E-state index in [9.17, 15) is 18.0 Å². The lowest BCUT2D eigenvalue weighted by molar-refractivity contribution is -0.138. The van der Waals surface area contributed by atoms with Gasteiger partial charge in [-0.2, -0.15) is 13.2 Å². The van der Waals surface area contributed by atoms with Gasteiger partial charge in [-0.3, -0.25) is 0 Å². The minimum atomic E-state index is -4.53. The van der Waals surface area contributed by atoms with Crippen molar-refractivity contribution in [1.29, 1.82) is 0 Å². The van der Waals surface area contributed by atoms with Crippen LogP contribution in [0, 0.1) is 0 Å². The number of benzene rings is 1. The van der Waals surface area contributed by atoms with Crippen molar-refractivity contribution in [1.82, 2.24) is 0 Å². The van der Waals surface area contributed by atoms with E-state index in [2.05, 4.69) is 20.7 Å². The Hall–Kier alpha value is -0.750. The van der Waals surface area contributed by atoms with Gasteiger partial charge < -0.3 is 4.74 Å². The number of carbonyl (C=O) groups is 1. The molecule has 102 valence electrons. The van der Waals surface area contributed by atoms with E-state index in [4.69, 9.17) is 11.6 Å². The minimum Gasteiger partial charge on any atom is -0.465 e. The summed E-state index contributed by atoms with van der Waals surface area (Å²) in [5, 5.41) is -0.303. The number of hydrogen-bond donors (Lipinski definition) is 0. The van der Waals surface area contributed by atoms with Crippen LogP contribution in [0.15, 0.2) is 16.6 Å². The van der Waals surface area contributed by atoms with Gasteiger partial charge in [-0.05, 0) is 12.1 Å². The number of halogens is 5. The van der Waals surface area contributed by atoms with Gasteiger partial charge in [-0.25, -0.2) is 4.79 Å². The van der Waals surface area contributed by atoms with Crippen molar-refractivity contribution in [2.75, 3.05) is 7.11 Å². The fourth-order valence-corrected chi connectivity index (χ4v) is 1.84. The molecule has 0 spiro atoms. The Morgan fingerprint density at radius 2 is 1.83 bits per heavy atom. The second kappa shape index (κ2) is 6.99. The van der Waals surface area contributed by atoms with Crippen LogP contribution >= 0.6 is 27.5 Å². The van der Waals surface area contributed by atoms with Crippen LogP contribution in [0.2, 0.25) is 5.02 Å². The maximum atomic E-state index is 12.4. The standard InChI is InChI=1S/C9H5BrClF3O2.C2H6/c1-16-8(15)4-2-6(10)5(3-7(4)11)9(12,13)14;1-2/h2-3H,1H3;1-2H3. The zero-order valence-corrected chi connectivity index (χ0v) is 12.2. The third-order valence-corrected chi connectivity index (χ3v) is 2.74. The van der Waals surface area contributed by atoms with Gasteiger partial charge in [0.05, 0.1) is 23.3 Å². The highest BCUT2D eigenvalue weighted by Crippen LogP contribution is 2.37. The van der Waals surface area contributed by atoms with Crippen LogP contribution in [0.3, 0.4) is 0 Å². The van der Waals surface area contributed by atoms with E-state index in [1.165, 1.54) is 0 Å². The molecule has 0 aliphatic carbocycles. The first-order chi connectivity index (χ1) is 8.27. The number of hydrogen-bond acceptors (Lipinski definition) is 2. The zero-order valence-electron chi connectivity index (χ0n) is 9.86. The average molecular weight is 348 g/mol. The Kier molecular flexibility index (Phi) is 6.70. The molecule has 2 nitrogen and oxygen atoms in total. The van der Waals surface area contributed by atoms with Crippen LogP contribution < -0.4 is 0 Å². The number of ether oxygens (including phenoxy) is 1. The molecule has 0 heterocycles. The summed E-state index contributed by atoms with van der Waals surface area (Å²) in [6.45, 7) is 4.00. The fraction of sp³-hybridized carbons (Fsp3) is 0.364. The summed E-state index contributed by atoms with van der Waals surface area (Å²) in [6, 6.07) is 1.66. The molecule has 0 saturated carbocycles. The molecule has 18 heavy (non-hydrogen) atoms. The molecule has 0 aliphatic rings. The van der Waals surface area contributed by atoms with Gasteiger partial charge in [0, 0.05) is 4.47 Å². The molecule has 1 rings (SSSR count). The van der Waals surface area contributed by atoms with Crippen molar-refractivity contribution < 1.29 is 22.7 Å². The second-order valence-corrected chi connectivity index (χ2v) is 4.06. The number of carbonyl (C=O) groups excluding carboxylic acids is 1. The van der Waals surface area contributed by atoms with E-state index in [1.807, 2.05) is 13.8 Å². The Morgan fingerprint density at radius 1 is 1.33 bits per heavy atom. The van der Waals surface area contributed by atoms with E-state index < -0.39 is 17.7 Å². The zero-order chi connectivity index (χ0) is 14.5. The summed E-state index contributed by atoms with van der Waals surface area (Å²) in [6.07, 6.45) is -4.53. The Balaban J connectivity index is 0.00000137. The van der Waals surface area contributed by atoms with Crippen LogP contribution in [-0.4, -0.2) is 13.1 Å². The Labute approximate surface area is 116 Å². The van der Waals surface area contributed by atoms with Crippen molar-refractivity contribution >= 4 is 33.5 Å². The molecule has 0 aliphatic heterocycles. The van der Waals surface area contributed by atoms with Crippen LogP contribution in [0.25, 0.3) is 0 Å². The normalized spacial score (nSPS) is 10.4. The van der Waals surface area contributed by atoms with Crippen LogP contribution in [0.5, 0.6) is 0 Å². The van der Waals surface area contributed by atoms with Gasteiger partial charge in [0.1, 0.15) is 0 Å². The minimum absolute atomic E-state index is 0.121. The van der Waals surface area contributed by atoms with E-state index in [1.54, 1.807) is 0 Å². The lowest BCUT2D eigenvalue weighted by Crippen LogP contribution is -2.09. The molecule has 0 N–H and O–H groups in total. The summed E-state index contributed by atoms with van der Waals surface area (Å²) >= 11 is 8.29. The molecule has 0 fully saturated rings. The average Bonchev–Trinajstić information content (AvgIpc) is 2.32. The van der Waals surface area contributed by atoms with Crippen molar-refractivity contribution in [3.63, 3.8) is 0 Å². The van der Waals surface area contributed by atoms with Crippen molar-refractivity contribution in [2.45, 2.75) is 20.0 Å². The molecule has 0 saturated heterocycles. The fourth-order valence-electron chi connectivity index (χ4n) is 1.03. The summed E-state index contributed by atoms with van der Waals surface area (Å²) in [4.78, 5) is 11.1. The summed E-state index contributed by atoms with van der Waals surface area (Å²) in [7, 11) is 1.12. The first kappa shape index (κ1) is 17.2. The lowest BCUT2D eigenvalue weighted by atomic mass is 10.1. The number of rotatable bonds is 1. The molecule has 0 atom stereocenters. The largest absolute Gasteiger partial charge is 0.465 e. The summed E-state index contributed by atoms with van der Waals surface area (Å²) in [5.74, 6) is -0.792. The van der Waals surface area contributed by atoms with Gasteiger partial charge in [0.2, 0.25) is 0 Å². The second-order valence-electron chi connectivity index (χ2n) is 2.80. The highest BCUT2D eigenvalue weighted by atomic mass is 79.9. The van der Waals surface area contributed by atoms with E-state index >= 15 is 0 Å². The molecule has 0 unspecified atom stereocenters. The number of alkyl halides is 3. The van der Waals surface area contributed by atoms with Crippen LogP contribution in [0.4, 0.5) is 13.2 Å². The van der Waals surface area contributed by atoms with Gasteiger partial charge in [0.15, 0.2) is 0 Å². The molecule has 1 aromatic rings. The van der Waals surface area contributed by atoms with Crippen LogP contribution in [-0.2, 0) is 10.9 Å². The molecule has 0 bridgehead atoms. The molecule has 7 heteroatoms. The monoisotopic (exact) mass is 346 g/mol. The Morgan fingerprint density at radius 3 is 2.22 bits per heavy atom. The van der Waals surface area contributed by atoms with Crippen LogP contribution in [0.1, 0.15) is 29.8 Å². The summed E-state index contributed by atoms with van der Waals surface area (Å²) < 4.78 is 41.4. The summed E-state index contributed by atoms with van der Waals surface area (Å²) in [5.41, 5.74) is -1.06. The molecule has 0 amide bonds. The van der Waals surface area contributed by atoms with Gasteiger partial charge >= 0.3 is 12.1 Å². The SMILES string of the molecule is CC.COC(=O)c1cc(Br)c(C(F)(F)F)cc1Cl. The van der Waals surface area contributed by atoms with Gasteiger partial charge in [0.25, 0.3) is 0 Å². The molecule has 1 aromatic carbocycles. The molecule has 0 radical (unpaired) electrons. The van der Waals surface area contributed by atoms with Crippen molar-refractivity contribution in [2.24, 2.45) is 0 Å². The highest BCUT2D eigenvalue weighted by Gasteiger charge is 2.34. The van der Waals surface area contributed by atoms with E-state index in [-0.39, 0.29) is 15.1 Å². The van der Waals surface area contributed by atoms with E-state index in [0.29, 0.717) is 6.07 Å². The third-order valence-electron chi connectivity index (χ3n) is 1.77. The molecule has 0 aromatic heterocycles. The number of esters is 1. The number of methoxy groups -OCH3 is 1. The Bertz CT molecular complexity index is 433. The van der Waals surface area contributed by atoms with Gasteiger partial charge in [-0.15, -0.1) is 0 Å². The first-order valence-corrected chi connectivity index (χ1v) is 6.09. The molecular weight excluding hydrogens is 336 g/mol. The smallest absolute Gasteiger partial charge is 0.417 e. The van der Waals surface area contributed by atoms with Gasteiger partial charge in [-0.1, -0.05) is 41.4 Å². The molecular formula is C11H11BrClF3O2.